The highest BCUT2D eigenvalue weighted by molar-refractivity contribution is 6.17. The first-order valence-electron chi connectivity index (χ1n) is 6.05. The average Bonchev–Trinajstić information content (AvgIpc) is 2.75. The number of aromatic nitrogens is 2. The summed E-state index contributed by atoms with van der Waals surface area (Å²) in [6, 6.07) is 1.77. The Balaban J connectivity index is 2.02. The van der Waals surface area contributed by atoms with Crippen LogP contribution in [0.4, 0.5) is 0 Å². The van der Waals surface area contributed by atoms with Crippen LogP contribution in [0.1, 0.15) is 29.8 Å². The number of nitrogens with zero attached hydrogens (tertiary/aromatic N) is 3. The lowest BCUT2D eigenvalue weighted by Gasteiger charge is -2.32. The number of carbonyl (C=O) groups excluding carboxylic acids is 1. The summed E-state index contributed by atoms with van der Waals surface area (Å²) in [5, 5.41) is 4.04. The molecule has 1 aromatic rings. The Morgan fingerprint density at radius 2 is 2.47 bits per heavy atom. The molecule has 1 atom stereocenters. The van der Waals surface area contributed by atoms with E-state index in [1.807, 2.05) is 4.90 Å². The van der Waals surface area contributed by atoms with Gasteiger partial charge in [-0.05, 0) is 31.2 Å². The minimum absolute atomic E-state index is 0.0873. The van der Waals surface area contributed by atoms with Crippen molar-refractivity contribution in [3.8, 4) is 0 Å². The monoisotopic (exact) mass is 255 g/mol. The van der Waals surface area contributed by atoms with Gasteiger partial charge in [0.2, 0.25) is 0 Å². The molecule has 1 aromatic heterocycles. The van der Waals surface area contributed by atoms with Gasteiger partial charge < -0.3 is 4.90 Å². The number of hydrogen-bond acceptors (Lipinski definition) is 2. The van der Waals surface area contributed by atoms with E-state index in [1.165, 1.54) is 6.42 Å². The standard InChI is InChI=1S/C12H18ClN3O/c1-15-11(5-7-14-15)12(17)16-8-2-3-10(9-16)4-6-13/h5,7,10H,2-4,6,8-9H2,1H3. The number of alkyl halides is 1. The zero-order valence-corrected chi connectivity index (χ0v) is 10.9. The molecule has 4 nitrogen and oxygen atoms in total. The van der Waals surface area contributed by atoms with E-state index in [9.17, 15) is 4.79 Å². The van der Waals surface area contributed by atoms with Crippen LogP contribution < -0.4 is 0 Å². The van der Waals surface area contributed by atoms with E-state index in [-0.39, 0.29) is 5.91 Å². The van der Waals surface area contributed by atoms with E-state index in [0.717, 1.165) is 25.9 Å². The van der Waals surface area contributed by atoms with Crippen molar-refractivity contribution in [2.75, 3.05) is 19.0 Å². The van der Waals surface area contributed by atoms with Gasteiger partial charge in [-0.2, -0.15) is 5.10 Å². The molecule has 0 aromatic carbocycles. The Morgan fingerprint density at radius 3 is 3.12 bits per heavy atom. The minimum atomic E-state index is 0.0873. The normalized spacial score (nSPS) is 20.6. The fraction of sp³-hybridized carbons (Fsp3) is 0.667. The van der Waals surface area contributed by atoms with E-state index in [0.29, 0.717) is 17.5 Å². The predicted octanol–water partition coefficient (Wildman–Crippen LogP) is 1.90. The zero-order valence-electron chi connectivity index (χ0n) is 10.1. The number of piperidine rings is 1. The molecule has 0 radical (unpaired) electrons. The summed E-state index contributed by atoms with van der Waals surface area (Å²) < 4.78 is 1.63. The van der Waals surface area contributed by atoms with Gasteiger partial charge >= 0.3 is 0 Å². The molecule has 0 bridgehead atoms. The molecular formula is C12H18ClN3O. The molecular weight excluding hydrogens is 238 g/mol. The van der Waals surface area contributed by atoms with E-state index >= 15 is 0 Å². The fourth-order valence-electron chi connectivity index (χ4n) is 2.39. The van der Waals surface area contributed by atoms with Gasteiger partial charge in [0.15, 0.2) is 0 Å². The second kappa shape index (κ2) is 5.54. The third kappa shape index (κ3) is 2.80. The molecule has 1 fully saturated rings. The Bertz CT molecular complexity index is 389. The average molecular weight is 256 g/mol. The SMILES string of the molecule is Cn1nccc1C(=O)N1CCCC(CCCl)C1. The molecule has 1 aliphatic rings. The maximum absolute atomic E-state index is 12.3. The van der Waals surface area contributed by atoms with Crippen LogP contribution in [0.3, 0.4) is 0 Å². The van der Waals surface area contributed by atoms with Gasteiger partial charge in [0.1, 0.15) is 5.69 Å². The first kappa shape index (κ1) is 12.4. The number of halogens is 1. The van der Waals surface area contributed by atoms with E-state index in [1.54, 1.807) is 24.0 Å². The van der Waals surface area contributed by atoms with Crippen LogP contribution in [0.15, 0.2) is 12.3 Å². The Morgan fingerprint density at radius 1 is 1.65 bits per heavy atom. The maximum atomic E-state index is 12.3. The zero-order chi connectivity index (χ0) is 12.3. The van der Waals surface area contributed by atoms with Crippen molar-refractivity contribution in [2.24, 2.45) is 13.0 Å². The quantitative estimate of drug-likeness (QED) is 0.774. The van der Waals surface area contributed by atoms with E-state index in [4.69, 9.17) is 11.6 Å². The second-order valence-corrected chi connectivity index (χ2v) is 4.96. The number of likely N-dealkylation sites (tertiary alicyclic amines) is 1. The number of amides is 1. The van der Waals surface area contributed by atoms with Gasteiger partial charge in [0.05, 0.1) is 0 Å². The second-order valence-electron chi connectivity index (χ2n) is 4.58. The van der Waals surface area contributed by atoms with Gasteiger partial charge in [0, 0.05) is 32.2 Å². The first-order valence-corrected chi connectivity index (χ1v) is 6.59. The van der Waals surface area contributed by atoms with E-state index in [2.05, 4.69) is 5.10 Å². The van der Waals surface area contributed by atoms with Crippen molar-refractivity contribution in [1.29, 1.82) is 0 Å². The van der Waals surface area contributed by atoms with Crippen molar-refractivity contribution in [3.63, 3.8) is 0 Å². The summed E-state index contributed by atoms with van der Waals surface area (Å²) in [5.41, 5.74) is 0.663. The molecule has 17 heavy (non-hydrogen) atoms. The van der Waals surface area contributed by atoms with Crippen molar-refractivity contribution in [3.05, 3.63) is 18.0 Å². The summed E-state index contributed by atoms with van der Waals surface area (Å²) in [5.74, 6) is 1.32. The molecule has 5 heteroatoms. The van der Waals surface area contributed by atoms with Crippen molar-refractivity contribution in [2.45, 2.75) is 19.3 Å². The molecule has 94 valence electrons. The molecule has 1 saturated heterocycles. The molecule has 0 aliphatic carbocycles. The molecule has 0 spiro atoms. The van der Waals surface area contributed by atoms with Gasteiger partial charge in [-0.1, -0.05) is 0 Å². The molecule has 1 aliphatic heterocycles. The highest BCUT2D eigenvalue weighted by Gasteiger charge is 2.25. The Kier molecular flexibility index (Phi) is 4.05. The van der Waals surface area contributed by atoms with Crippen LogP contribution in [0.2, 0.25) is 0 Å². The lowest BCUT2D eigenvalue weighted by Crippen LogP contribution is -2.40. The molecule has 0 saturated carbocycles. The van der Waals surface area contributed by atoms with Crippen LogP contribution >= 0.6 is 11.6 Å². The van der Waals surface area contributed by atoms with Crippen LogP contribution in [0, 0.1) is 5.92 Å². The van der Waals surface area contributed by atoms with Gasteiger partial charge in [-0.25, -0.2) is 0 Å². The lowest BCUT2D eigenvalue weighted by atomic mass is 9.95. The number of carbonyl (C=O) groups is 1. The topological polar surface area (TPSA) is 38.1 Å². The number of hydrogen-bond donors (Lipinski definition) is 0. The Labute approximate surface area is 107 Å². The van der Waals surface area contributed by atoms with Gasteiger partial charge in [-0.15, -0.1) is 11.6 Å². The summed E-state index contributed by atoms with van der Waals surface area (Å²) >= 11 is 5.77. The predicted molar refractivity (Wildman–Crippen MR) is 67.2 cm³/mol. The summed E-state index contributed by atoms with van der Waals surface area (Å²) in [7, 11) is 1.80. The van der Waals surface area contributed by atoms with Gasteiger partial charge in [0.25, 0.3) is 5.91 Å². The third-order valence-corrected chi connectivity index (χ3v) is 3.58. The summed E-state index contributed by atoms with van der Waals surface area (Å²) in [6.07, 6.45) is 4.91. The smallest absolute Gasteiger partial charge is 0.272 e. The molecule has 2 rings (SSSR count). The number of rotatable bonds is 3. The highest BCUT2D eigenvalue weighted by atomic mass is 35.5. The van der Waals surface area contributed by atoms with Crippen molar-refractivity contribution >= 4 is 17.5 Å². The van der Waals surface area contributed by atoms with Crippen LogP contribution in [-0.2, 0) is 7.05 Å². The number of aryl methyl sites for hydroxylation is 1. The van der Waals surface area contributed by atoms with Crippen LogP contribution in [-0.4, -0.2) is 39.6 Å². The lowest BCUT2D eigenvalue weighted by molar-refractivity contribution is 0.0660. The van der Waals surface area contributed by atoms with Crippen LogP contribution in [0.25, 0.3) is 0 Å². The first-order chi connectivity index (χ1) is 8.22. The van der Waals surface area contributed by atoms with Crippen molar-refractivity contribution in [1.82, 2.24) is 14.7 Å². The minimum Gasteiger partial charge on any atom is -0.337 e. The fourth-order valence-corrected chi connectivity index (χ4v) is 2.69. The maximum Gasteiger partial charge on any atom is 0.272 e. The van der Waals surface area contributed by atoms with E-state index < -0.39 is 0 Å². The largest absolute Gasteiger partial charge is 0.337 e. The van der Waals surface area contributed by atoms with Crippen molar-refractivity contribution < 1.29 is 4.79 Å². The third-order valence-electron chi connectivity index (χ3n) is 3.36. The Hall–Kier alpha value is -1.03. The summed E-state index contributed by atoms with van der Waals surface area (Å²) in [6.45, 7) is 1.68. The molecule has 2 heterocycles. The molecule has 1 unspecified atom stereocenters. The molecule has 0 N–H and O–H groups in total. The highest BCUT2D eigenvalue weighted by Crippen LogP contribution is 2.21. The molecule has 1 amide bonds. The summed E-state index contributed by atoms with van der Waals surface area (Å²) in [4.78, 5) is 14.2. The van der Waals surface area contributed by atoms with Gasteiger partial charge in [-0.3, -0.25) is 9.48 Å². The van der Waals surface area contributed by atoms with Crippen LogP contribution in [0.5, 0.6) is 0 Å².